The highest BCUT2D eigenvalue weighted by atomic mass is 32.1. The van der Waals surface area contributed by atoms with E-state index >= 15 is 0 Å². The summed E-state index contributed by atoms with van der Waals surface area (Å²) in [7, 11) is 0. The first-order chi connectivity index (χ1) is 12.2. The van der Waals surface area contributed by atoms with Gasteiger partial charge in [0.15, 0.2) is 0 Å². The lowest BCUT2D eigenvalue weighted by Crippen LogP contribution is -2.29. The first-order valence-corrected chi connectivity index (χ1v) is 8.91. The van der Waals surface area contributed by atoms with Crippen LogP contribution in [-0.2, 0) is 17.8 Å². The molecule has 0 aliphatic rings. The molecule has 0 saturated heterocycles. The third kappa shape index (κ3) is 4.42. The fraction of sp³-hybridized carbons (Fsp3) is 0.294. The summed E-state index contributed by atoms with van der Waals surface area (Å²) in [6.45, 7) is 2.60. The number of aryl methyl sites for hydroxylation is 1. The molecular formula is C17H19N5O2S. The van der Waals surface area contributed by atoms with E-state index in [4.69, 9.17) is 0 Å². The van der Waals surface area contributed by atoms with E-state index in [0.717, 1.165) is 24.1 Å². The quantitative estimate of drug-likeness (QED) is 0.673. The van der Waals surface area contributed by atoms with Crippen LogP contribution in [0.3, 0.4) is 0 Å². The number of anilines is 1. The minimum Gasteiger partial charge on any atom is -0.351 e. The van der Waals surface area contributed by atoms with E-state index in [1.54, 1.807) is 0 Å². The van der Waals surface area contributed by atoms with Gasteiger partial charge in [-0.1, -0.05) is 55.0 Å². The molecule has 0 aliphatic heterocycles. The Kier molecular flexibility index (Phi) is 5.39. The van der Waals surface area contributed by atoms with E-state index in [1.807, 2.05) is 37.3 Å². The van der Waals surface area contributed by atoms with Crippen LogP contribution in [0, 0.1) is 0 Å². The number of carbonyl (C=O) groups is 1. The molecule has 0 spiro atoms. The van der Waals surface area contributed by atoms with Crippen LogP contribution in [-0.4, -0.2) is 27.0 Å². The number of nitrogens with zero attached hydrogens (tertiary/aromatic N) is 3. The lowest BCUT2D eigenvalue weighted by atomic mass is 10.2. The Morgan fingerprint density at radius 3 is 2.84 bits per heavy atom. The highest BCUT2D eigenvalue weighted by molar-refractivity contribution is 7.20. The minimum absolute atomic E-state index is 0.0865. The monoisotopic (exact) mass is 357 g/mol. The Bertz CT molecular complexity index is 920. The first kappa shape index (κ1) is 17.1. The predicted octanol–water partition coefficient (Wildman–Crippen LogP) is 1.83. The Balaban J connectivity index is 1.60. The van der Waals surface area contributed by atoms with Gasteiger partial charge in [-0.2, -0.15) is 4.52 Å². The summed E-state index contributed by atoms with van der Waals surface area (Å²) in [5.74, 6) is -0.143. The first-order valence-electron chi connectivity index (χ1n) is 8.10. The smallest absolute Gasteiger partial charge is 0.275 e. The largest absolute Gasteiger partial charge is 0.351 e. The van der Waals surface area contributed by atoms with Crippen molar-refractivity contribution < 1.29 is 4.79 Å². The van der Waals surface area contributed by atoms with Crippen molar-refractivity contribution in [3.8, 4) is 0 Å². The van der Waals surface area contributed by atoms with E-state index in [9.17, 15) is 9.59 Å². The molecule has 0 atom stereocenters. The van der Waals surface area contributed by atoms with Crippen LogP contribution in [0.1, 0.15) is 24.6 Å². The molecule has 0 radical (unpaired) electrons. The summed E-state index contributed by atoms with van der Waals surface area (Å²) in [5, 5.41) is 10.4. The molecule has 0 fully saturated rings. The second kappa shape index (κ2) is 7.89. The van der Waals surface area contributed by atoms with Crippen LogP contribution in [0.5, 0.6) is 0 Å². The summed E-state index contributed by atoms with van der Waals surface area (Å²) in [4.78, 5) is 28.9. The molecule has 25 heavy (non-hydrogen) atoms. The van der Waals surface area contributed by atoms with Crippen molar-refractivity contribution in [2.75, 3.05) is 11.9 Å². The van der Waals surface area contributed by atoms with Crippen molar-refractivity contribution in [1.82, 2.24) is 19.9 Å². The highest BCUT2D eigenvalue weighted by Crippen LogP contribution is 2.16. The molecule has 3 rings (SSSR count). The van der Waals surface area contributed by atoms with Crippen LogP contribution < -0.4 is 16.2 Å². The van der Waals surface area contributed by atoms with Gasteiger partial charge in [-0.3, -0.25) is 9.59 Å². The number of hydrogen-bond donors (Lipinski definition) is 2. The number of nitrogens with one attached hydrogen (secondary N) is 2. The van der Waals surface area contributed by atoms with E-state index in [1.165, 1.54) is 21.9 Å². The third-order valence-electron chi connectivity index (χ3n) is 3.54. The average Bonchev–Trinajstić information content (AvgIpc) is 3.03. The van der Waals surface area contributed by atoms with Gasteiger partial charge < -0.3 is 10.6 Å². The lowest BCUT2D eigenvalue weighted by molar-refractivity contribution is -0.119. The molecule has 8 heteroatoms. The Morgan fingerprint density at radius 1 is 1.28 bits per heavy atom. The van der Waals surface area contributed by atoms with E-state index in [0.29, 0.717) is 16.6 Å². The van der Waals surface area contributed by atoms with Crippen molar-refractivity contribution in [2.45, 2.75) is 26.3 Å². The summed E-state index contributed by atoms with van der Waals surface area (Å²) >= 11 is 1.26. The van der Waals surface area contributed by atoms with Crippen LogP contribution in [0.25, 0.3) is 4.96 Å². The number of rotatable bonds is 7. The SMILES string of the molecule is CCCc1cc(=O)n2nc(NCC(=O)NCc3ccccc3)sc2n1. The van der Waals surface area contributed by atoms with Gasteiger partial charge in [0.1, 0.15) is 0 Å². The van der Waals surface area contributed by atoms with E-state index in [-0.39, 0.29) is 18.0 Å². The molecule has 0 unspecified atom stereocenters. The Labute approximate surface area is 148 Å². The van der Waals surface area contributed by atoms with E-state index < -0.39 is 0 Å². The zero-order valence-electron chi connectivity index (χ0n) is 13.9. The maximum Gasteiger partial charge on any atom is 0.275 e. The van der Waals surface area contributed by atoms with Crippen molar-refractivity contribution in [3.05, 3.63) is 58.0 Å². The fourth-order valence-electron chi connectivity index (χ4n) is 2.33. The van der Waals surface area contributed by atoms with Crippen molar-refractivity contribution in [3.63, 3.8) is 0 Å². The van der Waals surface area contributed by atoms with Gasteiger partial charge in [0.25, 0.3) is 5.56 Å². The molecule has 0 bridgehead atoms. The van der Waals surface area contributed by atoms with Gasteiger partial charge in [0.2, 0.25) is 16.0 Å². The molecule has 2 aromatic heterocycles. The van der Waals surface area contributed by atoms with Crippen molar-refractivity contribution >= 4 is 27.3 Å². The second-order valence-electron chi connectivity index (χ2n) is 5.55. The molecule has 130 valence electrons. The molecule has 1 aromatic carbocycles. The van der Waals surface area contributed by atoms with Gasteiger partial charge in [0.05, 0.1) is 6.54 Å². The van der Waals surface area contributed by atoms with E-state index in [2.05, 4.69) is 20.7 Å². The summed E-state index contributed by atoms with van der Waals surface area (Å²) < 4.78 is 1.26. The van der Waals surface area contributed by atoms with Gasteiger partial charge >= 0.3 is 0 Å². The van der Waals surface area contributed by atoms with Gasteiger partial charge in [0, 0.05) is 18.3 Å². The minimum atomic E-state index is -0.203. The Hall–Kier alpha value is -2.74. The number of fused-ring (bicyclic) bond motifs is 1. The topological polar surface area (TPSA) is 88.4 Å². The van der Waals surface area contributed by atoms with Gasteiger partial charge in [-0.05, 0) is 12.0 Å². The number of aromatic nitrogens is 3. The standard InChI is InChI=1S/C17H19N5O2S/c1-2-6-13-9-15(24)22-17(20-13)25-16(21-22)19-11-14(23)18-10-12-7-4-3-5-8-12/h3-5,7-9H,2,6,10-11H2,1H3,(H,18,23)(H,19,21). The molecule has 0 saturated carbocycles. The number of benzene rings is 1. The summed E-state index contributed by atoms with van der Waals surface area (Å²) in [6, 6.07) is 11.2. The molecule has 1 amide bonds. The van der Waals surface area contributed by atoms with Crippen molar-refractivity contribution in [2.24, 2.45) is 0 Å². The molecule has 7 nitrogen and oxygen atoms in total. The molecular weight excluding hydrogens is 338 g/mol. The summed E-state index contributed by atoms with van der Waals surface area (Å²) in [6.07, 6.45) is 1.68. The zero-order chi connectivity index (χ0) is 17.6. The maximum absolute atomic E-state index is 12.0. The number of carbonyl (C=O) groups excluding carboxylic acids is 1. The molecule has 3 aromatic rings. The number of amides is 1. The fourth-order valence-corrected chi connectivity index (χ4v) is 3.15. The number of hydrogen-bond acceptors (Lipinski definition) is 6. The Morgan fingerprint density at radius 2 is 2.08 bits per heavy atom. The lowest BCUT2D eigenvalue weighted by Gasteiger charge is -2.05. The predicted molar refractivity (Wildman–Crippen MR) is 97.9 cm³/mol. The second-order valence-corrected chi connectivity index (χ2v) is 6.51. The van der Waals surface area contributed by atoms with Crippen LogP contribution in [0.2, 0.25) is 0 Å². The van der Waals surface area contributed by atoms with Crippen LogP contribution in [0.4, 0.5) is 5.13 Å². The third-order valence-corrected chi connectivity index (χ3v) is 4.40. The normalized spacial score (nSPS) is 10.8. The maximum atomic E-state index is 12.0. The zero-order valence-corrected chi connectivity index (χ0v) is 14.7. The molecule has 2 N–H and O–H groups in total. The van der Waals surface area contributed by atoms with Crippen molar-refractivity contribution in [1.29, 1.82) is 0 Å². The summed E-state index contributed by atoms with van der Waals surface area (Å²) in [5.41, 5.74) is 1.60. The van der Waals surface area contributed by atoms with Gasteiger partial charge in [-0.15, -0.1) is 5.10 Å². The van der Waals surface area contributed by atoms with Gasteiger partial charge in [-0.25, -0.2) is 4.98 Å². The highest BCUT2D eigenvalue weighted by Gasteiger charge is 2.10. The molecule has 2 heterocycles. The molecule has 0 aliphatic carbocycles. The van der Waals surface area contributed by atoms with Crippen LogP contribution in [0.15, 0.2) is 41.2 Å². The van der Waals surface area contributed by atoms with Crippen LogP contribution >= 0.6 is 11.3 Å². The average molecular weight is 357 g/mol.